The summed E-state index contributed by atoms with van der Waals surface area (Å²) in [6.45, 7) is 11.3. The van der Waals surface area contributed by atoms with Crippen LogP contribution in [0.3, 0.4) is 0 Å². The predicted molar refractivity (Wildman–Crippen MR) is 133 cm³/mol. The van der Waals surface area contributed by atoms with Gasteiger partial charge in [-0.3, -0.25) is 4.40 Å². The highest BCUT2D eigenvalue weighted by atomic mass is 15.2. The van der Waals surface area contributed by atoms with E-state index in [0.717, 1.165) is 40.3 Å². The van der Waals surface area contributed by atoms with Crippen molar-refractivity contribution in [2.45, 2.75) is 46.6 Å². The molecular formula is C28H30N4. The zero-order valence-corrected chi connectivity index (χ0v) is 19.5. The van der Waals surface area contributed by atoms with Crippen LogP contribution in [0.5, 0.6) is 0 Å². The maximum absolute atomic E-state index is 9.11. The Balaban J connectivity index is 1.85. The van der Waals surface area contributed by atoms with Gasteiger partial charge in [-0.1, -0.05) is 63.2 Å². The van der Waals surface area contributed by atoms with Crippen molar-refractivity contribution in [3.63, 3.8) is 0 Å². The van der Waals surface area contributed by atoms with Crippen LogP contribution in [0.4, 0.5) is 5.82 Å². The fourth-order valence-corrected chi connectivity index (χ4v) is 4.56. The summed E-state index contributed by atoms with van der Waals surface area (Å²) in [5.74, 6) is 0.996. The number of fused-ring (bicyclic) bond motifs is 1. The third-order valence-electron chi connectivity index (χ3n) is 5.44. The Morgan fingerprint density at radius 3 is 2.12 bits per heavy atom. The number of nitrogens with zero attached hydrogens (tertiary/aromatic N) is 3. The lowest BCUT2D eigenvalue weighted by atomic mass is 9.82. The van der Waals surface area contributed by atoms with Crippen LogP contribution in [-0.2, 0) is 0 Å². The Morgan fingerprint density at radius 2 is 1.50 bits per heavy atom. The Bertz CT molecular complexity index is 1270. The zero-order chi connectivity index (χ0) is 22.9. The Labute approximate surface area is 190 Å². The van der Waals surface area contributed by atoms with Gasteiger partial charge in [-0.15, -0.1) is 0 Å². The molecule has 0 aliphatic rings. The summed E-state index contributed by atoms with van der Waals surface area (Å²) in [5, 5.41) is 12.9. The molecule has 0 spiro atoms. The monoisotopic (exact) mass is 422 g/mol. The quantitative estimate of drug-likeness (QED) is 0.371. The molecular weight excluding hydrogens is 392 g/mol. The molecule has 32 heavy (non-hydrogen) atoms. The summed E-state index contributed by atoms with van der Waals surface area (Å²) in [4.78, 5) is 4.98. The van der Waals surface area contributed by atoms with Crippen molar-refractivity contribution in [1.29, 1.82) is 5.26 Å². The molecule has 4 rings (SSSR count). The summed E-state index contributed by atoms with van der Waals surface area (Å²) < 4.78 is 2.15. The molecule has 0 atom stereocenters. The lowest BCUT2D eigenvalue weighted by molar-refractivity contribution is 0.302. The third-order valence-corrected chi connectivity index (χ3v) is 5.44. The van der Waals surface area contributed by atoms with Crippen molar-refractivity contribution in [2.75, 3.05) is 5.32 Å². The van der Waals surface area contributed by atoms with Gasteiger partial charge in [-0.05, 0) is 61.1 Å². The Hall–Kier alpha value is -3.58. The van der Waals surface area contributed by atoms with Gasteiger partial charge in [0.15, 0.2) is 0 Å². The Morgan fingerprint density at radius 1 is 0.844 bits per heavy atom. The molecule has 0 saturated carbocycles. The van der Waals surface area contributed by atoms with Crippen molar-refractivity contribution in [3.05, 3.63) is 78.5 Å². The maximum Gasteiger partial charge on any atom is 0.139 e. The van der Waals surface area contributed by atoms with Gasteiger partial charge in [0.2, 0.25) is 0 Å². The number of anilines is 1. The Kier molecular flexibility index (Phi) is 5.52. The van der Waals surface area contributed by atoms with Crippen LogP contribution in [0.25, 0.3) is 28.0 Å². The molecule has 4 nitrogen and oxygen atoms in total. The number of hydrogen-bond acceptors (Lipinski definition) is 3. The summed E-state index contributed by atoms with van der Waals surface area (Å²) in [6.07, 6.45) is 3.14. The number of pyridine rings is 1. The van der Waals surface area contributed by atoms with E-state index in [-0.39, 0.29) is 11.0 Å². The smallest absolute Gasteiger partial charge is 0.139 e. The fourth-order valence-electron chi connectivity index (χ4n) is 4.56. The van der Waals surface area contributed by atoms with Gasteiger partial charge in [0.25, 0.3) is 0 Å². The first-order chi connectivity index (χ1) is 15.1. The fraction of sp³-hybridized carbons (Fsp3) is 0.286. The van der Waals surface area contributed by atoms with E-state index in [2.05, 4.69) is 80.9 Å². The van der Waals surface area contributed by atoms with Crippen molar-refractivity contribution < 1.29 is 0 Å². The predicted octanol–water partition coefficient (Wildman–Crippen LogP) is 7.17. The topological polar surface area (TPSA) is 53.1 Å². The molecule has 0 aliphatic carbocycles. The lowest BCUT2D eigenvalue weighted by Gasteiger charge is -2.34. The minimum Gasteiger partial charge on any atom is -0.364 e. The van der Waals surface area contributed by atoms with E-state index in [9.17, 15) is 0 Å². The van der Waals surface area contributed by atoms with Gasteiger partial charge in [-0.2, -0.15) is 5.26 Å². The van der Waals surface area contributed by atoms with Crippen molar-refractivity contribution in [3.8, 4) is 28.5 Å². The molecule has 0 amide bonds. The highest BCUT2D eigenvalue weighted by Gasteiger charge is 2.28. The number of rotatable bonds is 5. The van der Waals surface area contributed by atoms with Crippen LogP contribution in [0.2, 0.25) is 0 Å². The molecule has 162 valence electrons. The second-order valence-corrected chi connectivity index (χ2v) is 10.3. The molecule has 0 unspecified atom stereocenters. The van der Waals surface area contributed by atoms with Gasteiger partial charge in [0, 0.05) is 17.3 Å². The van der Waals surface area contributed by atoms with Crippen LogP contribution in [0.15, 0.2) is 72.9 Å². The van der Waals surface area contributed by atoms with Gasteiger partial charge in [0.1, 0.15) is 17.2 Å². The average Bonchev–Trinajstić information content (AvgIpc) is 3.09. The molecule has 0 fully saturated rings. The van der Waals surface area contributed by atoms with Crippen LogP contribution >= 0.6 is 0 Å². The molecule has 4 aromatic rings. The van der Waals surface area contributed by atoms with Crippen molar-refractivity contribution in [2.24, 2.45) is 5.41 Å². The molecule has 2 heterocycles. The third kappa shape index (κ3) is 4.68. The molecule has 4 heteroatoms. The molecule has 0 bridgehead atoms. The van der Waals surface area contributed by atoms with Crippen LogP contribution in [0.1, 0.15) is 46.6 Å². The first kappa shape index (κ1) is 21.6. The summed E-state index contributed by atoms with van der Waals surface area (Å²) in [6, 6.07) is 24.3. The number of hydrogen-bond donors (Lipinski definition) is 1. The summed E-state index contributed by atoms with van der Waals surface area (Å²) in [7, 11) is 0. The van der Waals surface area contributed by atoms with E-state index in [0.29, 0.717) is 5.56 Å². The van der Waals surface area contributed by atoms with E-state index in [1.807, 2.05) is 42.5 Å². The SMILES string of the molecule is CC(C)(C)CC(C)(C)Nc1c(-c2ccccc2)nc2ccc(-c3ccc(C#N)cc3)cn12. The van der Waals surface area contributed by atoms with E-state index >= 15 is 0 Å². The van der Waals surface area contributed by atoms with Crippen LogP contribution in [0, 0.1) is 16.7 Å². The zero-order valence-electron chi connectivity index (χ0n) is 19.5. The van der Waals surface area contributed by atoms with Gasteiger partial charge in [0.05, 0.1) is 11.6 Å². The summed E-state index contributed by atoms with van der Waals surface area (Å²) in [5.41, 5.74) is 5.82. The number of nitriles is 1. The first-order valence-electron chi connectivity index (χ1n) is 11.0. The van der Waals surface area contributed by atoms with Crippen LogP contribution < -0.4 is 5.32 Å². The highest BCUT2D eigenvalue weighted by molar-refractivity contribution is 5.78. The van der Waals surface area contributed by atoms with Crippen molar-refractivity contribution in [1.82, 2.24) is 9.38 Å². The lowest BCUT2D eigenvalue weighted by Crippen LogP contribution is -2.36. The molecule has 2 aromatic carbocycles. The molecule has 1 N–H and O–H groups in total. The normalized spacial score (nSPS) is 12.0. The largest absolute Gasteiger partial charge is 0.364 e. The second-order valence-electron chi connectivity index (χ2n) is 10.3. The highest BCUT2D eigenvalue weighted by Crippen LogP contribution is 2.35. The number of benzene rings is 2. The van der Waals surface area contributed by atoms with Crippen LogP contribution in [-0.4, -0.2) is 14.9 Å². The number of aromatic nitrogens is 2. The number of imidazole rings is 1. The van der Waals surface area contributed by atoms with Crippen molar-refractivity contribution >= 4 is 11.5 Å². The van der Waals surface area contributed by atoms with Gasteiger partial charge in [-0.25, -0.2) is 4.98 Å². The summed E-state index contributed by atoms with van der Waals surface area (Å²) >= 11 is 0. The average molecular weight is 423 g/mol. The number of nitrogens with one attached hydrogen (secondary N) is 1. The first-order valence-corrected chi connectivity index (χ1v) is 11.0. The standard InChI is InChI=1S/C28H30N4/c1-27(2,3)19-28(4,5)31-26-25(22-9-7-6-8-10-22)30-24-16-15-23(18-32(24)26)21-13-11-20(17-29)12-14-21/h6-16,18,31H,19H2,1-5H3. The minimum absolute atomic E-state index is 0.123. The van der Waals surface area contributed by atoms with E-state index < -0.39 is 0 Å². The molecule has 0 aliphatic heterocycles. The van der Waals surface area contributed by atoms with E-state index in [1.165, 1.54) is 0 Å². The van der Waals surface area contributed by atoms with Gasteiger partial charge < -0.3 is 5.32 Å². The minimum atomic E-state index is -0.123. The van der Waals surface area contributed by atoms with E-state index in [1.54, 1.807) is 0 Å². The van der Waals surface area contributed by atoms with Gasteiger partial charge >= 0.3 is 0 Å². The molecule has 0 saturated heterocycles. The second kappa shape index (κ2) is 8.16. The maximum atomic E-state index is 9.11. The molecule has 2 aromatic heterocycles. The molecule has 0 radical (unpaired) electrons. The van der Waals surface area contributed by atoms with E-state index in [4.69, 9.17) is 10.2 Å².